The van der Waals surface area contributed by atoms with Gasteiger partial charge in [-0.15, -0.1) is 0 Å². The minimum atomic E-state index is -0.194. The van der Waals surface area contributed by atoms with Gasteiger partial charge in [0.25, 0.3) is 0 Å². The molecule has 2 aromatic heterocycles. The fraction of sp³-hybridized carbons (Fsp3) is 0.381. The third-order valence-corrected chi connectivity index (χ3v) is 5.16. The van der Waals surface area contributed by atoms with Crippen LogP contribution in [0.5, 0.6) is 0 Å². The number of hydrogen-bond acceptors (Lipinski definition) is 5. The highest BCUT2D eigenvalue weighted by Crippen LogP contribution is 2.20. The van der Waals surface area contributed by atoms with E-state index in [0.717, 1.165) is 43.4 Å². The van der Waals surface area contributed by atoms with Gasteiger partial charge in [-0.25, -0.2) is 9.37 Å². The number of aromatic nitrogens is 3. The zero-order valence-corrected chi connectivity index (χ0v) is 16.9. The first-order chi connectivity index (χ1) is 14.7. The van der Waals surface area contributed by atoms with Crippen molar-refractivity contribution in [3.05, 3.63) is 54.3 Å². The van der Waals surface area contributed by atoms with Crippen molar-refractivity contribution >= 4 is 11.6 Å². The molecule has 1 fully saturated rings. The molecule has 0 amide bonds. The standard InChI is InChI=1S/C21H26FN7O/c1-23-21(24-10-7-19-26-20(28-27-19)18-6-3-13-30-18)25-16-8-11-29(12-9-16)17-5-2-4-15(22)14-17/h2-6,13-14,16H,7-12H2,1H3,(H2,23,24,25)(H,26,27,28). The molecule has 3 aromatic rings. The lowest BCUT2D eigenvalue weighted by atomic mass is 10.0. The molecule has 4 rings (SSSR count). The Kier molecular flexibility index (Phi) is 6.26. The smallest absolute Gasteiger partial charge is 0.216 e. The van der Waals surface area contributed by atoms with E-state index in [9.17, 15) is 4.39 Å². The number of benzene rings is 1. The Balaban J connectivity index is 1.21. The molecule has 1 aromatic carbocycles. The maximum absolute atomic E-state index is 13.5. The SMILES string of the molecule is CN=C(NCCc1nc(-c2ccco2)n[nH]1)NC1CCN(c2cccc(F)c2)CC1. The van der Waals surface area contributed by atoms with E-state index in [0.29, 0.717) is 30.6 Å². The van der Waals surface area contributed by atoms with Crippen molar-refractivity contribution in [2.24, 2.45) is 4.99 Å². The summed E-state index contributed by atoms with van der Waals surface area (Å²) in [4.78, 5) is 11.0. The van der Waals surface area contributed by atoms with E-state index < -0.39 is 0 Å². The van der Waals surface area contributed by atoms with Crippen molar-refractivity contribution in [3.63, 3.8) is 0 Å². The number of anilines is 1. The van der Waals surface area contributed by atoms with E-state index in [2.05, 4.69) is 35.7 Å². The lowest BCUT2D eigenvalue weighted by Gasteiger charge is -2.34. The summed E-state index contributed by atoms with van der Waals surface area (Å²) in [6.45, 7) is 2.44. The number of piperidine rings is 1. The number of rotatable bonds is 6. The first kappa shape index (κ1) is 19.9. The molecule has 0 spiro atoms. The van der Waals surface area contributed by atoms with Gasteiger partial charge in [0.2, 0.25) is 5.82 Å². The molecule has 9 heteroatoms. The van der Waals surface area contributed by atoms with Gasteiger partial charge in [-0.1, -0.05) is 6.07 Å². The third kappa shape index (κ3) is 4.97. The van der Waals surface area contributed by atoms with E-state index in [4.69, 9.17) is 4.42 Å². The van der Waals surface area contributed by atoms with Gasteiger partial charge in [-0.05, 0) is 43.2 Å². The molecule has 0 atom stereocenters. The molecule has 1 aliphatic heterocycles. The van der Waals surface area contributed by atoms with Crippen molar-refractivity contribution in [1.82, 2.24) is 25.8 Å². The normalized spacial score (nSPS) is 15.4. The van der Waals surface area contributed by atoms with Crippen LogP contribution in [0.2, 0.25) is 0 Å². The Bertz CT molecular complexity index is 961. The van der Waals surface area contributed by atoms with Crippen molar-refractivity contribution in [1.29, 1.82) is 0 Å². The number of aliphatic imine (C=N–C) groups is 1. The van der Waals surface area contributed by atoms with Gasteiger partial charge in [0, 0.05) is 44.8 Å². The molecule has 0 unspecified atom stereocenters. The van der Waals surface area contributed by atoms with Crippen molar-refractivity contribution in [2.75, 3.05) is 31.6 Å². The van der Waals surface area contributed by atoms with E-state index in [-0.39, 0.29) is 5.82 Å². The average molecular weight is 411 g/mol. The lowest BCUT2D eigenvalue weighted by Crippen LogP contribution is -2.49. The van der Waals surface area contributed by atoms with Gasteiger partial charge in [-0.3, -0.25) is 10.1 Å². The topological polar surface area (TPSA) is 94.4 Å². The number of guanidine groups is 1. The van der Waals surface area contributed by atoms with Crippen LogP contribution in [-0.2, 0) is 6.42 Å². The summed E-state index contributed by atoms with van der Waals surface area (Å²) in [5.41, 5.74) is 0.942. The molecule has 3 heterocycles. The van der Waals surface area contributed by atoms with Crippen molar-refractivity contribution in [3.8, 4) is 11.6 Å². The average Bonchev–Trinajstić information content (AvgIpc) is 3.45. The minimum absolute atomic E-state index is 0.194. The zero-order valence-electron chi connectivity index (χ0n) is 16.9. The molecule has 1 aliphatic rings. The summed E-state index contributed by atoms with van der Waals surface area (Å²) < 4.78 is 18.8. The summed E-state index contributed by atoms with van der Waals surface area (Å²) >= 11 is 0. The maximum Gasteiger partial charge on any atom is 0.216 e. The summed E-state index contributed by atoms with van der Waals surface area (Å²) in [6, 6.07) is 10.8. The molecule has 0 bridgehead atoms. The van der Waals surface area contributed by atoms with Gasteiger partial charge in [0.15, 0.2) is 11.7 Å². The molecule has 3 N–H and O–H groups in total. The van der Waals surface area contributed by atoms with Crippen LogP contribution in [0.25, 0.3) is 11.6 Å². The Hall–Kier alpha value is -3.36. The number of furan rings is 1. The maximum atomic E-state index is 13.5. The van der Waals surface area contributed by atoms with Gasteiger partial charge >= 0.3 is 0 Å². The number of halogens is 1. The predicted molar refractivity (Wildman–Crippen MR) is 114 cm³/mol. The van der Waals surface area contributed by atoms with Crippen LogP contribution in [0, 0.1) is 5.82 Å². The van der Waals surface area contributed by atoms with Gasteiger partial charge in [0.1, 0.15) is 11.6 Å². The number of hydrogen-bond donors (Lipinski definition) is 3. The second kappa shape index (κ2) is 9.43. The zero-order chi connectivity index (χ0) is 20.8. The van der Waals surface area contributed by atoms with E-state index >= 15 is 0 Å². The molecule has 1 saturated heterocycles. The van der Waals surface area contributed by atoms with Crippen LogP contribution in [0.15, 0.2) is 52.1 Å². The highest BCUT2D eigenvalue weighted by Gasteiger charge is 2.20. The predicted octanol–water partition coefficient (Wildman–Crippen LogP) is 2.58. The van der Waals surface area contributed by atoms with Crippen LogP contribution in [0.4, 0.5) is 10.1 Å². The molecule has 0 aliphatic carbocycles. The second-order valence-corrected chi connectivity index (χ2v) is 7.22. The quantitative estimate of drug-likeness (QED) is 0.426. The largest absolute Gasteiger partial charge is 0.461 e. The fourth-order valence-corrected chi connectivity index (χ4v) is 3.57. The van der Waals surface area contributed by atoms with Gasteiger partial charge in [-0.2, -0.15) is 5.10 Å². The first-order valence-corrected chi connectivity index (χ1v) is 10.1. The van der Waals surface area contributed by atoms with Gasteiger partial charge in [0.05, 0.1) is 6.26 Å². The Morgan fingerprint density at radius 3 is 2.90 bits per heavy atom. The molecule has 158 valence electrons. The third-order valence-electron chi connectivity index (χ3n) is 5.16. The molecule has 0 radical (unpaired) electrons. The monoisotopic (exact) mass is 411 g/mol. The second-order valence-electron chi connectivity index (χ2n) is 7.22. The van der Waals surface area contributed by atoms with E-state index in [1.807, 2.05) is 18.2 Å². The molecule has 0 saturated carbocycles. The molecular weight excluding hydrogens is 385 g/mol. The van der Waals surface area contributed by atoms with E-state index in [1.165, 1.54) is 6.07 Å². The fourth-order valence-electron chi connectivity index (χ4n) is 3.57. The number of H-pyrrole nitrogens is 1. The Labute approximate surface area is 174 Å². The van der Waals surface area contributed by atoms with Crippen LogP contribution < -0.4 is 15.5 Å². The van der Waals surface area contributed by atoms with Crippen molar-refractivity contribution < 1.29 is 8.81 Å². The molecule has 30 heavy (non-hydrogen) atoms. The van der Waals surface area contributed by atoms with Crippen LogP contribution in [0.3, 0.4) is 0 Å². The minimum Gasteiger partial charge on any atom is -0.461 e. The highest BCUT2D eigenvalue weighted by molar-refractivity contribution is 5.80. The van der Waals surface area contributed by atoms with Crippen LogP contribution in [0.1, 0.15) is 18.7 Å². The Morgan fingerprint density at radius 1 is 1.30 bits per heavy atom. The van der Waals surface area contributed by atoms with Crippen molar-refractivity contribution in [2.45, 2.75) is 25.3 Å². The molecular formula is C21H26FN7O. The van der Waals surface area contributed by atoms with Crippen LogP contribution >= 0.6 is 0 Å². The lowest BCUT2D eigenvalue weighted by molar-refractivity contribution is 0.461. The van der Waals surface area contributed by atoms with Crippen LogP contribution in [-0.4, -0.2) is 53.9 Å². The highest BCUT2D eigenvalue weighted by atomic mass is 19.1. The number of nitrogens with one attached hydrogen (secondary N) is 3. The summed E-state index contributed by atoms with van der Waals surface area (Å²) in [5, 5.41) is 13.9. The van der Waals surface area contributed by atoms with E-state index in [1.54, 1.807) is 25.4 Å². The Morgan fingerprint density at radius 2 is 2.17 bits per heavy atom. The number of aromatic amines is 1. The summed E-state index contributed by atoms with van der Waals surface area (Å²) in [7, 11) is 1.76. The first-order valence-electron chi connectivity index (χ1n) is 10.1. The number of nitrogens with zero attached hydrogens (tertiary/aromatic N) is 4. The van der Waals surface area contributed by atoms with Gasteiger partial charge < -0.3 is 20.0 Å². The molecule has 8 nitrogen and oxygen atoms in total. The summed E-state index contributed by atoms with van der Waals surface area (Å²) in [5.74, 6) is 2.56. The summed E-state index contributed by atoms with van der Waals surface area (Å²) in [6.07, 6.45) is 4.22.